The summed E-state index contributed by atoms with van der Waals surface area (Å²) in [6, 6.07) is 4.04. The number of aryl methyl sites for hydroxylation is 1. The number of aromatic nitrogens is 2. The molecule has 0 aliphatic carbocycles. The molecule has 23 heavy (non-hydrogen) atoms. The molecule has 0 saturated heterocycles. The van der Waals surface area contributed by atoms with Gasteiger partial charge in [-0.2, -0.15) is 5.10 Å². The number of carbonyl (C=O) groups is 1. The SMILES string of the molecule is CC(C)[C@H](NC(=O)[C@@H]1CC(c2cnn(C)c2)=NO1)c1cccs1. The van der Waals surface area contributed by atoms with Gasteiger partial charge >= 0.3 is 0 Å². The Kier molecular flexibility index (Phi) is 4.47. The molecule has 1 aliphatic heterocycles. The maximum Gasteiger partial charge on any atom is 0.264 e. The molecule has 6 nitrogen and oxygen atoms in total. The summed E-state index contributed by atoms with van der Waals surface area (Å²) < 4.78 is 1.71. The molecule has 0 radical (unpaired) electrons. The molecule has 7 heteroatoms. The lowest BCUT2D eigenvalue weighted by Gasteiger charge is -2.22. The van der Waals surface area contributed by atoms with Gasteiger partial charge in [-0.25, -0.2) is 0 Å². The Balaban J connectivity index is 1.63. The fourth-order valence-electron chi connectivity index (χ4n) is 2.54. The van der Waals surface area contributed by atoms with Crippen LogP contribution in [0.3, 0.4) is 0 Å². The molecule has 1 aliphatic rings. The molecular weight excluding hydrogens is 312 g/mol. The normalized spacial score (nSPS) is 18.6. The van der Waals surface area contributed by atoms with Gasteiger partial charge in [0.2, 0.25) is 6.10 Å². The van der Waals surface area contributed by atoms with Crippen molar-refractivity contribution in [1.29, 1.82) is 0 Å². The number of nitrogens with zero attached hydrogens (tertiary/aromatic N) is 3. The summed E-state index contributed by atoms with van der Waals surface area (Å²) in [4.78, 5) is 19.0. The second kappa shape index (κ2) is 6.54. The molecule has 0 unspecified atom stereocenters. The largest absolute Gasteiger partial charge is 0.382 e. The summed E-state index contributed by atoms with van der Waals surface area (Å²) in [5.41, 5.74) is 1.65. The summed E-state index contributed by atoms with van der Waals surface area (Å²) in [5.74, 6) is 0.178. The Hall–Kier alpha value is -2.15. The number of rotatable bonds is 5. The molecule has 2 aromatic heterocycles. The maximum atomic E-state index is 12.5. The van der Waals surface area contributed by atoms with E-state index < -0.39 is 6.10 Å². The summed E-state index contributed by atoms with van der Waals surface area (Å²) in [6.45, 7) is 4.19. The Labute approximate surface area is 139 Å². The third kappa shape index (κ3) is 3.44. The molecule has 1 N–H and O–H groups in total. The molecule has 1 amide bonds. The van der Waals surface area contributed by atoms with Crippen LogP contribution >= 0.6 is 11.3 Å². The van der Waals surface area contributed by atoms with Crippen molar-refractivity contribution < 1.29 is 9.63 Å². The van der Waals surface area contributed by atoms with Gasteiger partial charge in [0.15, 0.2) is 0 Å². The van der Waals surface area contributed by atoms with Crippen LogP contribution in [0, 0.1) is 5.92 Å². The lowest BCUT2D eigenvalue weighted by molar-refractivity contribution is -0.132. The molecule has 3 heterocycles. The lowest BCUT2D eigenvalue weighted by Crippen LogP contribution is -2.38. The monoisotopic (exact) mass is 332 g/mol. The standard InChI is InChI=1S/C16H20N4O2S/c1-10(2)15(14-5-4-6-23-14)18-16(21)13-7-12(19-22-13)11-8-17-20(3)9-11/h4-6,8-10,13,15H,7H2,1-3H3,(H,18,21)/t13-,15-/m0/s1. The molecule has 122 valence electrons. The summed E-state index contributed by atoms with van der Waals surface area (Å²) in [6.07, 6.45) is 3.48. The average molecular weight is 332 g/mol. The van der Waals surface area contributed by atoms with Crippen LogP contribution in [0.5, 0.6) is 0 Å². The van der Waals surface area contributed by atoms with E-state index in [1.165, 1.54) is 0 Å². The van der Waals surface area contributed by atoms with E-state index in [9.17, 15) is 4.79 Å². The first-order chi connectivity index (χ1) is 11.0. The minimum atomic E-state index is -0.577. The van der Waals surface area contributed by atoms with Gasteiger partial charge < -0.3 is 10.2 Å². The zero-order chi connectivity index (χ0) is 16.4. The van der Waals surface area contributed by atoms with Crippen molar-refractivity contribution in [3.05, 3.63) is 40.3 Å². The first kappa shape index (κ1) is 15.7. The summed E-state index contributed by atoms with van der Waals surface area (Å²) in [7, 11) is 1.85. The highest BCUT2D eigenvalue weighted by molar-refractivity contribution is 7.10. The first-order valence-corrected chi connectivity index (χ1v) is 8.48. The van der Waals surface area contributed by atoms with E-state index in [0.29, 0.717) is 12.3 Å². The van der Waals surface area contributed by atoms with Crippen LogP contribution in [0.25, 0.3) is 0 Å². The van der Waals surface area contributed by atoms with E-state index >= 15 is 0 Å². The number of oxime groups is 1. The fraction of sp³-hybridized carbons (Fsp3) is 0.438. The average Bonchev–Trinajstić information content (AvgIpc) is 3.24. The van der Waals surface area contributed by atoms with Crippen LogP contribution in [0.15, 0.2) is 35.1 Å². The van der Waals surface area contributed by atoms with Crippen molar-refractivity contribution in [3.63, 3.8) is 0 Å². The second-order valence-electron chi connectivity index (χ2n) is 5.98. The zero-order valence-corrected chi connectivity index (χ0v) is 14.2. The minimum absolute atomic E-state index is 0.00598. The molecule has 3 rings (SSSR count). The van der Waals surface area contributed by atoms with Crippen LogP contribution < -0.4 is 5.32 Å². The third-order valence-electron chi connectivity index (χ3n) is 3.81. The zero-order valence-electron chi connectivity index (χ0n) is 13.4. The quantitative estimate of drug-likeness (QED) is 0.914. The Morgan fingerprint density at radius 1 is 1.52 bits per heavy atom. The van der Waals surface area contributed by atoms with Crippen LogP contribution in [-0.2, 0) is 16.7 Å². The van der Waals surface area contributed by atoms with Gasteiger partial charge in [-0.05, 0) is 17.4 Å². The molecule has 0 fully saturated rings. The molecule has 0 bridgehead atoms. The van der Waals surface area contributed by atoms with Gasteiger partial charge in [0.25, 0.3) is 5.91 Å². The van der Waals surface area contributed by atoms with Gasteiger partial charge in [-0.3, -0.25) is 9.48 Å². The molecule has 0 aromatic carbocycles. The number of hydrogen-bond donors (Lipinski definition) is 1. The van der Waals surface area contributed by atoms with Crippen LogP contribution in [0.2, 0.25) is 0 Å². The Morgan fingerprint density at radius 3 is 2.96 bits per heavy atom. The van der Waals surface area contributed by atoms with E-state index in [1.807, 2.05) is 30.8 Å². The third-order valence-corrected chi connectivity index (χ3v) is 4.77. The van der Waals surface area contributed by atoms with Gasteiger partial charge in [0, 0.05) is 30.1 Å². The fourth-order valence-corrected chi connectivity index (χ4v) is 3.49. The van der Waals surface area contributed by atoms with Crippen molar-refractivity contribution in [2.24, 2.45) is 18.1 Å². The van der Waals surface area contributed by atoms with Crippen LogP contribution in [0.4, 0.5) is 0 Å². The van der Waals surface area contributed by atoms with Gasteiger partial charge in [0.05, 0.1) is 18.0 Å². The highest BCUT2D eigenvalue weighted by atomic mass is 32.1. The van der Waals surface area contributed by atoms with E-state index in [4.69, 9.17) is 4.84 Å². The highest BCUT2D eigenvalue weighted by Gasteiger charge is 2.31. The highest BCUT2D eigenvalue weighted by Crippen LogP contribution is 2.26. The number of hydrogen-bond acceptors (Lipinski definition) is 5. The molecule has 2 aromatic rings. The molecule has 0 saturated carbocycles. The van der Waals surface area contributed by atoms with E-state index in [2.05, 4.69) is 29.4 Å². The first-order valence-electron chi connectivity index (χ1n) is 7.60. The van der Waals surface area contributed by atoms with E-state index in [0.717, 1.165) is 16.2 Å². The number of amides is 1. The Morgan fingerprint density at radius 2 is 2.35 bits per heavy atom. The lowest BCUT2D eigenvalue weighted by atomic mass is 10.0. The molecule has 2 atom stereocenters. The number of thiophene rings is 1. The van der Waals surface area contributed by atoms with E-state index in [1.54, 1.807) is 22.2 Å². The van der Waals surface area contributed by atoms with Crippen molar-refractivity contribution in [3.8, 4) is 0 Å². The summed E-state index contributed by atoms with van der Waals surface area (Å²) >= 11 is 1.65. The molecule has 0 spiro atoms. The van der Waals surface area contributed by atoms with Gasteiger partial charge in [0.1, 0.15) is 0 Å². The topological polar surface area (TPSA) is 68.5 Å². The van der Waals surface area contributed by atoms with Crippen molar-refractivity contribution in [2.75, 3.05) is 0 Å². The van der Waals surface area contributed by atoms with Crippen LogP contribution in [-0.4, -0.2) is 27.5 Å². The minimum Gasteiger partial charge on any atom is -0.382 e. The van der Waals surface area contributed by atoms with Crippen LogP contribution in [0.1, 0.15) is 36.8 Å². The summed E-state index contributed by atoms with van der Waals surface area (Å²) in [5, 5.41) is 13.3. The number of carbonyl (C=O) groups excluding carboxylic acids is 1. The predicted octanol–water partition coefficient (Wildman–Crippen LogP) is 2.49. The smallest absolute Gasteiger partial charge is 0.264 e. The Bertz CT molecular complexity index is 705. The maximum absolute atomic E-state index is 12.5. The molecular formula is C16H20N4O2S. The second-order valence-corrected chi connectivity index (χ2v) is 6.96. The number of nitrogens with one attached hydrogen (secondary N) is 1. The van der Waals surface area contributed by atoms with Crippen molar-refractivity contribution in [2.45, 2.75) is 32.4 Å². The van der Waals surface area contributed by atoms with Gasteiger partial charge in [-0.15, -0.1) is 11.3 Å². The predicted molar refractivity (Wildman–Crippen MR) is 89.3 cm³/mol. The van der Waals surface area contributed by atoms with E-state index in [-0.39, 0.29) is 11.9 Å². The van der Waals surface area contributed by atoms with Gasteiger partial charge in [-0.1, -0.05) is 25.1 Å². The van der Waals surface area contributed by atoms with Crippen molar-refractivity contribution in [1.82, 2.24) is 15.1 Å². The van der Waals surface area contributed by atoms with Crippen molar-refractivity contribution >= 4 is 23.0 Å².